The molecule has 26 heavy (non-hydrogen) atoms. The van der Waals surface area contributed by atoms with E-state index in [2.05, 4.69) is 4.90 Å². The van der Waals surface area contributed by atoms with Crippen LogP contribution in [0.2, 0.25) is 0 Å². The van der Waals surface area contributed by atoms with Crippen LogP contribution in [0.25, 0.3) is 11.0 Å². The zero-order chi connectivity index (χ0) is 18.5. The lowest BCUT2D eigenvalue weighted by molar-refractivity contribution is 0.0486. The number of hydrogen-bond donors (Lipinski definition) is 0. The number of benzene rings is 1. The van der Waals surface area contributed by atoms with Crippen LogP contribution in [0.1, 0.15) is 5.76 Å². The number of carbonyl (C=O) groups excluding carboxylic acids is 1. The number of para-hydroxylation sites is 1. The smallest absolute Gasteiger partial charge is 0.319 e. The average Bonchev–Trinajstić information content (AvgIpc) is 3.13. The number of nitrogens with zero attached hydrogens (tertiary/aromatic N) is 3. The molecule has 0 N–H and O–H groups in total. The number of amides is 2. The van der Waals surface area contributed by atoms with Gasteiger partial charge in [0, 0.05) is 38.6 Å². The summed E-state index contributed by atoms with van der Waals surface area (Å²) in [6.07, 6.45) is 0. The fourth-order valence-electron chi connectivity index (χ4n) is 4.03. The Morgan fingerprint density at radius 3 is 2.65 bits per heavy atom. The quantitative estimate of drug-likeness (QED) is 0.791. The summed E-state index contributed by atoms with van der Waals surface area (Å²) < 4.78 is 30.4. The van der Waals surface area contributed by atoms with Crippen LogP contribution in [-0.4, -0.2) is 79.9 Å². The Morgan fingerprint density at radius 2 is 1.92 bits per heavy atom. The van der Waals surface area contributed by atoms with E-state index in [0.717, 1.165) is 16.7 Å². The summed E-state index contributed by atoms with van der Waals surface area (Å²) in [7, 11) is 0.237. The van der Waals surface area contributed by atoms with Crippen molar-refractivity contribution in [3.63, 3.8) is 0 Å². The number of furan rings is 1. The average molecular weight is 377 g/mol. The third-order valence-electron chi connectivity index (χ3n) is 5.25. The summed E-state index contributed by atoms with van der Waals surface area (Å²) in [4.78, 5) is 17.8. The lowest BCUT2D eigenvalue weighted by Crippen LogP contribution is -2.61. The normalized spacial score (nSPS) is 25.4. The molecule has 140 valence electrons. The van der Waals surface area contributed by atoms with Gasteiger partial charge in [0.1, 0.15) is 11.3 Å². The van der Waals surface area contributed by atoms with Crippen molar-refractivity contribution >= 4 is 26.8 Å². The van der Waals surface area contributed by atoms with Crippen LogP contribution in [0.15, 0.2) is 34.7 Å². The number of piperazine rings is 1. The van der Waals surface area contributed by atoms with Crippen LogP contribution in [0.3, 0.4) is 0 Å². The first-order valence-corrected chi connectivity index (χ1v) is 10.6. The summed E-state index contributed by atoms with van der Waals surface area (Å²) in [6, 6.07) is 9.21. The largest absolute Gasteiger partial charge is 0.460 e. The number of rotatable bonds is 2. The van der Waals surface area contributed by atoms with Crippen LogP contribution < -0.4 is 0 Å². The standard InChI is InChI=1S/C18H23N3O4S/c1-19(2)18(22)21-8-7-20(15-11-26(23,24)12-16(15)21)10-14-9-13-5-3-4-6-17(13)25-14/h3-6,9,15-16H,7-8,10-12H2,1-2H3/t15-,16+/m0/s1. The van der Waals surface area contributed by atoms with Crippen molar-refractivity contribution in [3.8, 4) is 0 Å². The zero-order valence-corrected chi connectivity index (χ0v) is 15.8. The fourth-order valence-corrected chi connectivity index (χ4v) is 6.04. The highest BCUT2D eigenvalue weighted by Gasteiger charge is 2.48. The summed E-state index contributed by atoms with van der Waals surface area (Å²) in [6.45, 7) is 1.70. The maximum Gasteiger partial charge on any atom is 0.319 e. The van der Waals surface area contributed by atoms with Crippen LogP contribution in [-0.2, 0) is 16.4 Å². The van der Waals surface area contributed by atoms with Crippen molar-refractivity contribution in [3.05, 3.63) is 36.1 Å². The molecule has 7 nitrogen and oxygen atoms in total. The predicted octanol–water partition coefficient (Wildman–Crippen LogP) is 1.40. The molecule has 8 heteroatoms. The predicted molar refractivity (Wildman–Crippen MR) is 98.6 cm³/mol. The number of urea groups is 1. The Bertz CT molecular complexity index is 904. The van der Waals surface area contributed by atoms with Gasteiger partial charge in [-0.25, -0.2) is 13.2 Å². The van der Waals surface area contributed by atoms with Gasteiger partial charge in [-0.3, -0.25) is 4.90 Å². The highest BCUT2D eigenvalue weighted by molar-refractivity contribution is 7.91. The van der Waals surface area contributed by atoms with Gasteiger partial charge in [-0.2, -0.15) is 0 Å². The minimum atomic E-state index is -3.16. The first-order chi connectivity index (χ1) is 12.3. The molecule has 2 aromatic rings. The van der Waals surface area contributed by atoms with Crippen molar-refractivity contribution in [1.82, 2.24) is 14.7 Å². The summed E-state index contributed by atoms with van der Waals surface area (Å²) >= 11 is 0. The third-order valence-corrected chi connectivity index (χ3v) is 6.95. The highest BCUT2D eigenvalue weighted by Crippen LogP contribution is 2.30. The second-order valence-corrected chi connectivity index (χ2v) is 9.46. The Hall–Kier alpha value is -2.06. The van der Waals surface area contributed by atoms with Gasteiger partial charge in [0.15, 0.2) is 9.84 Å². The number of fused-ring (bicyclic) bond motifs is 2. The minimum Gasteiger partial charge on any atom is -0.460 e. The maximum absolute atomic E-state index is 12.5. The Labute approximate surface area is 153 Å². The molecular weight excluding hydrogens is 354 g/mol. The van der Waals surface area contributed by atoms with Crippen molar-refractivity contribution < 1.29 is 17.6 Å². The van der Waals surface area contributed by atoms with Gasteiger partial charge < -0.3 is 14.2 Å². The van der Waals surface area contributed by atoms with Crippen molar-refractivity contribution in [2.45, 2.75) is 18.6 Å². The van der Waals surface area contributed by atoms with Gasteiger partial charge in [-0.15, -0.1) is 0 Å². The summed E-state index contributed by atoms with van der Waals surface area (Å²) in [5.41, 5.74) is 0.833. The van der Waals surface area contributed by atoms with Gasteiger partial charge in [0.05, 0.1) is 24.1 Å². The van der Waals surface area contributed by atoms with Crippen molar-refractivity contribution in [2.75, 3.05) is 38.7 Å². The molecule has 4 rings (SSSR count). The van der Waals surface area contributed by atoms with Gasteiger partial charge in [-0.1, -0.05) is 18.2 Å². The van der Waals surface area contributed by atoms with E-state index in [1.54, 1.807) is 19.0 Å². The minimum absolute atomic E-state index is 0.0356. The second kappa shape index (κ2) is 6.28. The van der Waals surface area contributed by atoms with Crippen LogP contribution in [0, 0.1) is 0 Å². The Morgan fingerprint density at radius 1 is 1.19 bits per heavy atom. The summed E-state index contributed by atoms with van der Waals surface area (Å²) in [5, 5.41) is 1.04. The maximum atomic E-state index is 12.5. The van der Waals surface area contributed by atoms with Crippen LogP contribution >= 0.6 is 0 Å². The third kappa shape index (κ3) is 3.07. The van der Waals surface area contributed by atoms with E-state index in [-0.39, 0.29) is 29.6 Å². The number of hydrogen-bond acceptors (Lipinski definition) is 5. The summed E-state index contributed by atoms with van der Waals surface area (Å²) in [5.74, 6) is 0.949. The SMILES string of the molecule is CN(C)C(=O)N1CCN(Cc2cc3ccccc3o2)[C@H]2CS(=O)(=O)C[C@H]21. The van der Waals surface area contributed by atoms with E-state index < -0.39 is 9.84 Å². The second-order valence-electron chi connectivity index (χ2n) is 7.30. The number of carbonyl (C=O) groups is 1. The molecule has 0 radical (unpaired) electrons. The van der Waals surface area contributed by atoms with Gasteiger partial charge in [0.25, 0.3) is 0 Å². The van der Waals surface area contributed by atoms with Crippen LogP contribution in [0.4, 0.5) is 4.79 Å². The molecule has 2 aliphatic rings. The first kappa shape index (κ1) is 17.4. The molecule has 2 fully saturated rings. The monoisotopic (exact) mass is 377 g/mol. The van der Waals surface area contributed by atoms with Crippen molar-refractivity contribution in [1.29, 1.82) is 0 Å². The molecule has 0 unspecified atom stereocenters. The zero-order valence-electron chi connectivity index (χ0n) is 15.0. The van der Waals surface area contributed by atoms with Crippen LogP contribution in [0.5, 0.6) is 0 Å². The molecule has 2 saturated heterocycles. The van der Waals surface area contributed by atoms with Crippen molar-refractivity contribution in [2.24, 2.45) is 0 Å². The molecule has 0 saturated carbocycles. The van der Waals surface area contributed by atoms with E-state index in [1.807, 2.05) is 30.3 Å². The molecule has 0 spiro atoms. The Balaban J connectivity index is 1.59. The van der Waals surface area contributed by atoms with Gasteiger partial charge >= 0.3 is 6.03 Å². The fraction of sp³-hybridized carbons (Fsp3) is 0.500. The van der Waals surface area contributed by atoms with E-state index in [4.69, 9.17) is 4.42 Å². The molecule has 2 atom stereocenters. The van der Waals surface area contributed by atoms with E-state index in [0.29, 0.717) is 19.6 Å². The van der Waals surface area contributed by atoms with Gasteiger partial charge in [0.2, 0.25) is 0 Å². The highest BCUT2D eigenvalue weighted by atomic mass is 32.2. The molecule has 2 aliphatic heterocycles. The molecule has 1 aromatic heterocycles. The lowest BCUT2D eigenvalue weighted by Gasteiger charge is -2.44. The molecule has 2 amide bonds. The van der Waals surface area contributed by atoms with E-state index >= 15 is 0 Å². The molecule has 0 aliphatic carbocycles. The van der Waals surface area contributed by atoms with E-state index in [1.165, 1.54) is 4.90 Å². The molecule has 0 bridgehead atoms. The number of sulfone groups is 1. The first-order valence-electron chi connectivity index (χ1n) is 8.74. The molecule has 3 heterocycles. The topological polar surface area (TPSA) is 74.1 Å². The van der Waals surface area contributed by atoms with E-state index in [9.17, 15) is 13.2 Å². The Kier molecular flexibility index (Phi) is 4.19. The lowest BCUT2D eigenvalue weighted by atomic mass is 10.0. The molecule has 1 aromatic carbocycles. The van der Waals surface area contributed by atoms with Gasteiger partial charge in [-0.05, 0) is 12.1 Å². The molecular formula is C18H23N3O4S.